The third-order valence-corrected chi connectivity index (χ3v) is 5.75. The summed E-state index contributed by atoms with van der Waals surface area (Å²) in [4.78, 5) is 27.6. The third kappa shape index (κ3) is 6.24. The monoisotopic (exact) mass is 494 g/mol. The van der Waals surface area contributed by atoms with Gasteiger partial charge in [0.2, 0.25) is 0 Å². The Kier molecular flexibility index (Phi) is 8.85. The van der Waals surface area contributed by atoms with Crippen LogP contribution in [0.2, 0.25) is 5.02 Å². The summed E-state index contributed by atoms with van der Waals surface area (Å²) in [6.07, 6.45) is 0.663. The molecule has 0 aliphatic heterocycles. The van der Waals surface area contributed by atoms with Crippen LogP contribution < -0.4 is 0 Å². The Morgan fingerprint density at radius 3 is 2.21 bits per heavy atom. The van der Waals surface area contributed by atoms with E-state index in [4.69, 9.17) is 11.6 Å². The highest BCUT2D eigenvalue weighted by Gasteiger charge is 2.30. The van der Waals surface area contributed by atoms with Crippen molar-refractivity contribution in [2.24, 2.45) is 10.2 Å². The first-order chi connectivity index (χ1) is 16.3. The topological polar surface area (TPSA) is 65.3 Å². The van der Waals surface area contributed by atoms with Gasteiger partial charge in [0, 0.05) is 27.6 Å². The van der Waals surface area contributed by atoms with Crippen LogP contribution in [-0.4, -0.2) is 34.4 Å². The number of azo groups is 1. The lowest BCUT2D eigenvalue weighted by atomic mass is 10.1. The van der Waals surface area contributed by atoms with Crippen molar-refractivity contribution < 1.29 is 9.59 Å². The molecule has 1 atom stereocenters. The highest BCUT2D eigenvalue weighted by molar-refractivity contribution is 7.80. The molecule has 0 aliphatic rings. The third-order valence-electron chi connectivity index (χ3n) is 5.27. The van der Waals surface area contributed by atoms with Gasteiger partial charge in [0.1, 0.15) is 0 Å². The van der Waals surface area contributed by atoms with Gasteiger partial charge in [-0.2, -0.15) is 10.2 Å². The van der Waals surface area contributed by atoms with Crippen LogP contribution >= 0.6 is 24.2 Å². The van der Waals surface area contributed by atoms with E-state index in [1.165, 1.54) is 10.0 Å². The molecule has 0 saturated carbocycles. The first kappa shape index (κ1) is 25.5. The fraction of sp³-hybridized carbons (Fsp3) is 0.231. The summed E-state index contributed by atoms with van der Waals surface area (Å²) < 4.78 is 0. The van der Waals surface area contributed by atoms with E-state index < -0.39 is 0 Å². The van der Waals surface area contributed by atoms with Crippen molar-refractivity contribution in [3.63, 3.8) is 0 Å². The molecule has 6 nitrogen and oxygen atoms in total. The minimum absolute atomic E-state index is 0.222. The van der Waals surface area contributed by atoms with Gasteiger partial charge in [-0.3, -0.25) is 9.59 Å². The second-order valence-corrected chi connectivity index (χ2v) is 8.66. The lowest BCUT2D eigenvalue weighted by Gasteiger charge is -2.38. The van der Waals surface area contributed by atoms with Crippen LogP contribution in [0, 0.1) is 0 Å². The number of carbonyl (C=O) groups excluding carboxylic acids is 2. The molecule has 3 aromatic rings. The molecular formula is C26H27ClN4O2S. The molecule has 176 valence electrons. The maximum atomic E-state index is 13.7. The van der Waals surface area contributed by atoms with Crippen molar-refractivity contribution in [1.82, 2.24) is 10.0 Å². The molecule has 0 N–H and O–H groups in total. The van der Waals surface area contributed by atoms with Gasteiger partial charge in [0.05, 0.1) is 17.4 Å². The molecule has 3 aromatic carbocycles. The zero-order chi connectivity index (χ0) is 24.7. The summed E-state index contributed by atoms with van der Waals surface area (Å²) >= 11 is 10.5. The van der Waals surface area contributed by atoms with E-state index in [-0.39, 0.29) is 17.9 Å². The predicted molar refractivity (Wildman–Crippen MR) is 138 cm³/mol. The standard InChI is InChI=1S/C26H27ClN4O2S/c1-4-18(3)31(30(5-2)25(32)20-14-21(27)17-24(34)16-20)26(33)19-10-9-13-23(15-19)29-28-22-11-7-6-8-12-22/h6-18,34H,4-5H2,1-3H3. The highest BCUT2D eigenvalue weighted by atomic mass is 35.5. The molecule has 34 heavy (non-hydrogen) atoms. The Morgan fingerprint density at radius 2 is 1.56 bits per heavy atom. The minimum atomic E-state index is -0.325. The van der Waals surface area contributed by atoms with Crippen LogP contribution in [0.4, 0.5) is 11.4 Å². The number of hydrazine groups is 1. The number of hydrogen-bond donors (Lipinski definition) is 1. The Hall–Kier alpha value is -3.16. The maximum Gasteiger partial charge on any atom is 0.272 e. The second kappa shape index (κ2) is 11.8. The quantitative estimate of drug-likeness (QED) is 0.212. The van der Waals surface area contributed by atoms with Crippen molar-refractivity contribution in [1.29, 1.82) is 0 Å². The van der Waals surface area contributed by atoms with Crippen molar-refractivity contribution in [2.75, 3.05) is 6.54 Å². The number of halogens is 1. The molecule has 2 amide bonds. The molecule has 1 unspecified atom stereocenters. The Morgan fingerprint density at radius 1 is 0.882 bits per heavy atom. The fourth-order valence-corrected chi connectivity index (χ4v) is 3.99. The van der Waals surface area contributed by atoms with Gasteiger partial charge in [0.25, 0.3) is 11.8 Å². The van der Waals surface area contributed by atoms with Gasteiger partial charge in [-0.25, -0.2) is 10.0 Å². The molecule has 0 aliphatic carbocycles. The van der Waals surface area contributed by atoms with Gasteiger partial charge in [0.15, 0.2) is 0 Å². The first-order valence-corrected chi connectivity index (χ1v) is 11.9. The van der Waals surface area contributed by atoms with Crippen molar-refractivity contribution >= 4 is 47.4 Å². The number of benzene rings is 3. The Labute approximate surface area is 210 Å². The van der Waals surface area contributed by atoms with Crippen LogP contribution in [0.1, 0.15) is 47.9 Å². The van der Waals surface area contributed by atoms with Gasteiger partial charge < -0.3 is 0 Å². The number of nitrogens with zero attached hydrogens (tertiary/aromatic N) is 4. The van der Waals surface area contributed by atoms with Crippen LogP contribution in [0.15, 0.2) is 87.9 Å². The average Bonchev–Trinajstić information content (AvgIpc) is 2.85. The van der Waals surface area contributed by atoms with Crippen molar-refractivity contribution in [3.05, 3.63) is 88.9 Å². The summed E-state index contributed by atoms with van der Waals surface area (Å²) in [5, 5.41) is 11.9. The molecule has 8 heteroatoms. The van der Waals surface area contributed by atoms with E-state index >= 15 is 0 Å². The molecule has 0 fully saturated rings. The Bertz CT molecular complexity index is 1170. The predicted octanol–water partition coefficient (Wildman–Crippen LogP) is 7.36. The molecule has 0 heterocycles. The second-order valence-electron chi connectivity index (χ2n) is 7.71. The molecule has 0 bridgehead atoms. The van der Waals surface area contributed by atoms with Crippen LogP contribution in [0.3, 0.4) is 0 Å². The summed E-state index contributed by atoms with van der Waals surface area (Å²) in [7, 11) is 0. The van der Waals surface area contributed by atoms with E-state index in [9.17, 15) is 9.59 Å². The van der Waals surface area contributed by atoms with Crippen LogP contribution in [0.25, 0.3) is 0 Å². The molecular weight excluding hydrogens is 468 g/mol. The summed E-state index contributed by atoms with van der Waals surface area (Å²) in [5.74, 6) is -0.622. The zero-order valence-corrected chi connectivity index (χ0v) is 21.0. The number of hydrogen-bond acceptors (Lipinski definition) is 5. The zero-order valence-electron chi connectivity index (χ0n) is 19.4. The summed E-state index contributed by atoms with van der Waals surface area (Å²) in [6, 6.07) is 20.9. The summed E-state index contributed by atoms with van der Waals surface area (Å²) in [6.45, 7) is 6.02. The molecule has 3 rings (SSSR count). The van der Waals surface area contributed by atoms with E-state index in [1.54, 1.807) is 42.5 Å². The number of thiol groups is 1. The lowest BCUT2D eigenvalue weighted by molar-refractivity contribution is -0.0187. The minimum Gasteiger partial charge on any atom is -0.267 e. The summed E-state index contributed by atoms with van der Waals surface area (Å²) in [5.41, 5.74) is 2.04. The number of carbonyl (C=O) groups is 2. The van der Waals surface area contributed by atoms with Crippen LogP contribution in [-0.2, 0) is 0 Å². The average molecular weight is 495 g/mol. The first-order valence-electron chi connectivity index (χ1n) is 11.1. The highest BCUT2D eigenvalue weighted by Crippen LogP contribution is 2.24. The van der Waals surface area contributed by atoms with Gasteiger partial charge >= 0.3 is 0 Å². The van der Waals surface area contributed by atoms with E-state index in [1.807, 2.05) is 51.1 Å². The van der Waals surface area contributed by atoms with Crippen molar-refractivity contribution in [3.8, 4) is 0 Å². The number of amides is 2. The largest absolute Gasteiger partial charge is 0.272 e. The molecule has 0 saturated heterocycles. The normalized spacial score (nSPS) is 11.9. The van der Waals surface area contributed by atoms with Gasteiger partial charge in [-0.05, 0) is 68.8 Å². The Balaban J connectivity index is 1.93. The fourth-order valence-electron chi connectivity index (χ4n) is 3.40. The van der Waals surface area contributed by atoms with E-state index in [0.717, 1.165) is 0 Å². The number of rotatable bonds is 7. The van der Waals surface area contributed by atoms with Crippen LogP contribution in [0.5, 0.6) is 0 Å². The van der Waals surface area contributed by atoms with Gasteiger partial charge in [-0.15, -0.1) is 12.6 Å². The molecule has 0 aromatic heterocycles. The lowest BCUT2D eigenvalue weighted by Crippen LogP contribution is -2.53. The van der Waals surface area contributed by atoms with Crippen molar-refractivity contribution in [2.45, 2.75) is 38.1 Å². The van der Waals surface area contributed by atoms with E-state index in [0.29, 0.717) is 45.4 Å². The van der Waals surface area contributed by atoms with Gasteiger partial charge in [-0.1, -0.05) is 42.8 Å². The molecule has 0 radical (unpaired) electrons. The molecule has 0 spiro atoms. The maximum absolute atomic E-state index is 13.7. The van der Waals surface area contributed by atoms with E-state index in [2.05, 4.69) is 22.9 Å². The SMILES string of the molecule is CCC(C)N(C(=O)c1cccc(N=Nc2ccccc2)c1)N(CC)C(=O)c1cc(S)cc(Cl)c1. The smallest absolute Gasteiger partial charge is 0.267 e.